The van der Waals surface area contributed by atoms with Crippen molar-refractivity contribution in [1.82, 2.24) is 15.1 Å². The minimum atomic E-state index is -0.583. The maximum Gasteiger partial charge on any atom is 0.322 e. The average molecular weight is 482 g/mol. The molecule has 5 rings (SSSR count). The second-order valence-electron chi connectivity index (χ2n) is 7.71. The van der Waals surface area contributed by atoms with Crippen molar-refractivity contribution in [1.29, 1.82) is 0 Å². The lowest BCUT2D eigenvalue weighted by atomic mass is 10.2. The molecule has 0 saturated carbocycles. The van der Waals surface area contributed by atoms with Crippen molar-refractivity contribution in [3.8, 4) is 27.8 Å². The highest BCUT2D eigenvalue weighted by Gasteiger charge is 2.34. The molecule has 176 valence electrons. The molecule has 2 aliphatic rings. The topological polar surface area (TPSA) is 115 Å². The number of aromatic nitrogens is 2. The number of carbonyl (C=O) groups is 2. The molecular weight excluding hydrogens is 458 g/mol. The molecule has 2 aliphatic heterocycles. The van der Waals surface area contributed by atoms with Crippen LogP contribution in [0.3, 0.4) is 0 Å². The quantitative estimate of drug-likeness (QED) is 0.547. The van der Waals surface area contributed by atoms with Crippen molar-refractivity contribution < 1.29 is 23.8 Å². The first kappa shape index (κ1) is 22.0. The number of amides is 3. The largest absolute Gasteiger partial charge is 0.494 e. The van der Waals surface area contributed by atoms with Crippen LogP contribution in [0.15, 0.2) is 42.5 Å². The van der Waals surface area contributed by atoms with E-state index in [0.717, 1.165) is 17.7 Å². The normalized spacial score (nSPS) is 16.4. The summed E-state index contributed by atoms with van der Waals surface area (Å²) in [6.07, 6.45) is 1.32. The van der Waals surface area contributed by atoms with Gasteiger partial charge in [0.05, 0.1) is 6.61 Å². The highest BCUT2D eigenvalue weighted by atomic mass is 32.1. The Labute approximate surface area is 199 Å². The van der Waals surface area contributed by atoms with E-state index in [0.29, 0.717) is 46.9 Å². The maximum absolute atomic E-state index is 13.0. The number of benzene rings is 2. The van der Waals surface area contributed by atoms with Gasteiger partial charge >= 0.3 is 6.03 Å². The van der Waals surface area contributed by atoms with Crippen molar-refractivity contribution in [2.24, 2.45) is 0 Å². The molecule has 1 saturated heterocycles. The molecule has 10 nitrogen and oxygen atoms in total. The van der Waals surface area contributed by atoms with E-state index in [2.05, 4.69) is 20.8 Å². The van der Waals surface area contributed by atoms with E-state index in [-0.39, 0.29) is 18.7 Å². The summed E-state index contributed by atoms with van der Waals surface area (Å²) >= 11 is 1.25. The summed E-state index contributed by atoms with van der Waals surface area (Å²) in [5, 5.41) is 14.9. The second-order valence-corrected chi connectivity index (χ2v) is 8.69. The molecule has 2 aromatic carbocycles. The van der Waals surface area contributed by atoms with Gasteiger partial charge in [-0.15, -0.1) is 10.2 Å². The molecular formula is C23H23N5O5S. The molecule has 1 fully saturated rings. The van der Waals surface area contributed by atoms with Gasteiger partial charge in [-0.2, -0.15) is 0 Å². The van der Waals surface area contributed by atoms with Gasteiger partial charge in [-0.3, -0.25) is 10.1 Å². The van der Waals surface area contributed by atoms with E-state index >= 15 is 0 Å². The fraction of sp³-hybridized carbons (Fsp3) is 0.304. The molecule has 1 aromatic heterocycles. The number of hydrogen-bond acceptors (Lipinski definition) is 8. The van der Waals surface area contributed by atoms with Crippen LogP contribution in [0.1, 0.15) is 19.8 Å². The van der Waals surface area contributed by atoms with Crippen molar-refractivity contribution in [3.05, 3.63) is 42.5 Å². The number of fused-ring (bicyclic) bond motifs is 1. The molecule has 0 radical (unpaired) electrons. The summed E-state index contributed by atoms with van der Waals surface area (Å²) in [5.74, 6) is 1.79. The van der Waals surface area contributed by atoms with Crippen LogP contribution in [0.5, 0.6) is 17.2 Å². The Bertz CT molecular complexity index is 1200. The Morgan fingerprint density at radius 2 is 1.94 bits per heavy atom. The van der Waals surface area contributed by atoms with Crippen LogP contribution in [-0.2, 0) is 4.79 Å². The van der Waals surface area contributed by atoms with Gasteiger partial charge < -0.3 is 24.4 Å². The SMILES string of the molecule is CCOc1ccc(NC(=O)N2CCC[C@@H]2C(=O)Nc2nnc(-c3ccc4c(c3)OCO4)s2)cc1. The predicted molar refractivity (Wildman–Crippen MR) is 126 cm³/mol. The first-order chi connectivity index (χ1) is 16.6. The van der Waals surface area contributed by atoms with Crippen molar-refractivity contribution in [2.75, 3.05) is 30.6 Å². The number of nitrogens with zero attached hydrogens (tertiary/aromatic N) is 3. The molecule has 34 heavy (non-hydrogen) atoms. The lowest BCUT2D eigenvalue weighted by Crippen LogP contribution is -2.45. The molecule has 3 heterocycles. The molecule has 2 N–H and O–H groups in total. The Morgan fingerprint density at radius 1 is 1.12 bits per heavy atom. The number of anilines is 2. The lowest BCUT2D eigenvalue weighted by molar-refractivity contribution is -0.119. The third-order valence-corrected chi connectivity index (χ3v) is 6.40. The van der Waals surface area contributed by atoms with Crippen LogP contribution >= 0.6 is 11.3 Å². The Kier molecular flexibility index (Phi) is 6.17. The average Bonchev–Trinajstić information content (AvgIpc) is 3.60. The molecule has 0 bridgehead atoms. The van der Waals surface area contributed by atoms with Crippen LogP contribution in [-0.4, -0.2) is 53.0 Å². The number of nitrogens with one attached hydrogen (secondary N) is 2. The fourth-order valence-corrected chi connectivity index (χ4v) is 4.63. The number of carbonyl (C=O) groups excluding carboxylic acids is 2. The van der Waals surface area contributed by atoms with E-state index in [1.54, 1.807) is 29.2 Å². The van der Waals surface area contributed by atoms with Gasteiger partial charge in [-0.25, -0.2) is 4.79 Å². The van der Waals surface area contributed by atoms with Crippen molar-refractivity contribution in [3.63, 3.8) is 0 Å². The molecule has 3 amide bonds. The number of ether oxygens (including phenoxy) is 3. The zero-order valence-corrected chi connectivity index (χ0v) is 19.3. The zero-order valence-electron chi connectivity index (χ0n) is 18.4. The summed E-state index contributed by atoms with van der Waals surface area (Å²) in [4.78, 5) is 27.3. The van der Waals surface area contributed by atoms with E-state index in [9.17, 15) is 9.59 Å². The van der Waals surface area contributed by atoms with Crippen LogP contribution in [0.2, 0.25) is 0 Å². The van der Waals surface area contributed by atoms with E-state index in [4.69, 9.17) is 14.2 Å². The minimum absolute atomic E-state index is 0.195. The number of urea groups is 1. The Morgan fingerprint density at radius 3 is 2.76 bits per heavy atom. The van der Waals surface area contributed by atoms with E-state index < -0.39 is 6.04 Å². The summed E-state index contributed by atoms with van der Waals surface area (Å²) in [6.45, 7) is 3.18. The van der Waals surface area contributed by atoms with Gasteiger partial charge in [0.25, 0.3) is 0 Å². The summed E-state index contributed by atoms with van der Waals surface area (Å²) in [7, 11) is 0. The van der Waals surface area contributed by atoms with Gasteiger partial charge in [0.2, 0.25) is 17.8 Å². The minimum Gasteiger partial charge on any atom is -0.494 e. The van der Waals surface area contributed by atoms with Crippen LogP contribution < -0.4 is 24.8 Å². The van der Waals surface area contributed by atoms with E-state index in [1.807, 2.05) is 25.1 Å². The van der Waals surface area contributed by atoms with Crippen LogP contribution in [0, 0.1) is 0 Å². The highest BCUT2D eigenvalue weighted by molar-refractivity contribution is 7.18. The van der Waals surface area contributed by atoms with Crippen LogP contribution in [0.4, 0.5) is 15.6 Å². The van der Waals surface area contributed by atoms with Gasteiger partial charge in [0.15, 0.2) is 11.5 Å². The molecule has 0 spiro atoms. The third kappa shape index (κ3) is 4.60. The summed E-state index contributed by atoms with van der Waals surface area (Å²) < 4.78 is 16.2. The second kappa shape index (κ2) is 9.56. The molecule has 0 aliphatic carbocycles. The number of hydrogen-bond donors (Lipinski definition) is 2. The predicted octanol–water partition coefficient (Wildman–Crippen LogP) is 3.97. The molecule has 3 aromatic rings. The summed E-state index contributed by atoms with van der Waals surface area (Å²) in [6, 6.07) is 11.7. The Balaban J connectivity index is 1.21. The first-order valence-electron chi connectivity index (χ1n) is 11.0. The maximum atomic E-state index is 13.0. The standard InChI is InChI=1S/C23H23N5O5S/c1-2-31-16-8-6-15(7-9-16)24-23(30)28-11-3-4-17(28)20(29)25-22-27-26-21(34-22)14-5-10-18-19(12-14)33-13-32-18/h5-10,12,17H,2-4,11,13H2,1H3,(H,24,30)(H,25,27,29)/t17-/m1/s1. The monoisotopic (exact) mass is 481 g/mol. The third-order valence-electron chi connectivity index (χ3n) is 5.51. The Hall–Kier alpha value is -3.86. The lowest BCUT2D eigenvalue weighted by Gasteiger charge is -2.23. The number of likely N-dealkylation sites (tertiary alicyclic amines) is 1. The zero-order chi connectivity index (χ0) is 23.5. The molecule has 1 atom stereocenters. The van der Waals surface area contributed by atoms with Gasteiger partial charge in [0, 0.05) is 17.8 Å². The van der Waals surface area contributed by atoms with Crippen molar-refractivity contribution >= 4 is 34.1 Å². The first-order valence-corrected chi connectivity index (χ1v) is 11.8. The number of rotatable bonds is 6. The van der Waals surface area contributed by atoms with Gasteiger partial charge in [-0.05, 0) is 62.2 Å². The van der Waals surface area contributed by atoms with Gasteiger partial charge in [-0.1, -0.05) is 11.3 Å². The van der Waals surface area contributed by atoms with E-state index in [1.165, 1.54) is 11.3 Å². The van der Waals surface area contributed by atoms with Crippen LogP contribution in [0.25, 0.3) is 10.6 Å². The van der Waals surface area contributed by atoms with Crippen molar-refractivity contribution in [2.45, 2.75) is 25.8 Å². The molecule has 0 unspecified atom stereocenters. The molecule has 11 heteroatoms. The highest BCUT2D eigenvalue weighted by Crippen LogP contribution is 2.37. The summed E-state index contributed by atoms with van der Waals surface area (Å²) in [5.41, 5.74) is 1.46. The fourth-order valence-electron chi connectivity index (χ4n) is 3.89. The smallest absolute Gasteiger partial charge is 0.322 e. The van der Waals surface area contributed by atoms with Gasteiger partial charge in [0.1, 0.15) is 16.8 Å².